The Kier molecular flexibility index (Phi) is 71.2. The Bertz CT molecular complexity index is 1930. The number of unbranched alkanes of at least 4 members (excludes halogenated alkanes) is 48. The average molecular weight is 1470 g/mol. The zero-order valence-electron chi connectivity index (χ0n) is 65.5. The molecule has 0 aromatic rings. The third-order valence-corrected chi connectivity index (χ3v) is 21.6. The lowest BCUT2D eigenvalue weighted by molar-refractivity contribution is -0.161. The minimum Gasteiger partial charge on any atom is -0.462 e. The molecule has 0 saturated carbocycles. The predicted molar refractivity (Wildman–Crippen MR) is 409 cm³/mol. The highest BCUT2D eigenvalue weighted by Gasteiger charge is 2.30. The number of phosphoric ester groups is 2. The molecule has 19 heteroatoms. The van der Waals surface area contributed by atoms with Gasteiger partial charge in [0.25, 0.3) is 0 Å². The van der Waals surface area contributed by atoms with Gasteiger partial charge in [0.2, 0.25) is 0 Å². The molecule has 0 saturated heterocycles. The number of hydrogen-bond donors (Lipinski definition) is 3. The number of phosphoric acid groups is 2. The predicted octanol–water partition coefficient (Wildman–Crippen LogP) is 24.3. The summed E-state index contributed by atoms with van der Waals surface area (Å²) >= 11 is 0. The minimum absolute atomic E-state index is 0.108. The van der Waals surface area contributed by atoms with E-state index in [-0.39, 0.29) is 25.7 Å². The van der Waals surface area contributed by atoms with Gasteiger partial charge in [0, 0.05) is 25.7 Å². The number of ether oxygens (including phenoxy) is 4. The highest BCUT2D eigenvalue weighted by atomic mass is 31.2. The van der Waals surface area contributed by atoms with E-state index in [4.69, 9.17) is 37.0 Å². The third kappa shape index (κ3) is 71.7. The average Bonchev–Trinajstić information content (AvgIpc) is 0.989. The van der Waals surface area contributed by atoms with Crippen molar-refractivity contribution in [1.82, 2.24) is 0 Å². The highest BCUT2D eigenvalue weighted by Crippen LogP contribution is 2.45. The fraction of sp³-hybridized carbons (Fsp3) is 0.951. The molecule has 0 aliphatic carbocycles. The first-order valence-corrected chi connectivity index (χ1v) is 45.1. The summed E-state index contributed by atoms with van der Waals surface area (Å²) in [5.74, 6) is -0.427. The molecule has 0 aliphatic heterocycles. The van der Waals surface area contributed by atoms with Crippen LogP contribution in [-0.2, 0) is 65.4 Å². The van der Waals surface area contributed by atoms with Gasteiger partial charge in [0.05, 0.1) is 26.4 Å². The van der Waals surface area contributed by atoms with Crippen molar-refractivity contribution in [3.8, 4) is 0 Å². The molecule has 4 unspecified atom stereocenters. The summed E-state index contributed by atoms with van der Waals surface area (Å²) in [6, 6.07) is 0. The number of rotatable bonds is 80. The first-order valence-electron chi connectivity index (χ1n) is 42.1. The van der Waals surface area contributed by atoms with Gasteiger partial charge in [-0.1, -0.05) is 375 Å². The Morgan fingerprint density at radius 1 is 0.280 bits per heavy atom. The number of aliphatic hydroxyl groups excluding tert-OH is 1. The summed E-state index contributed by atoms with van der Waals surface area (Å²) in [7, 11) is -9.92. The normalized spacial score (nSPS) is 14.4. The smallest absolute Gasteiger partial charge is 0.462 e. The van der Waals surface area contributed by atoms with Crippen molar-refractivity contribution in [2.75, 3.05) is 39.6 Å². The second kappa shape index (κ2) is 72.6. The lowest BCUT2D eigenvalue weighted by atomic mass is 9.99. The van der Waals surface area contributed by atoms with Gasteiger partial charge in [-0.25, -0.2) is 9.13 Å². The Morgan fingerprint density at radius 2 is 0.480 bits per heavy atom. The molecule has 0 amide bonds. The van der Waals surface area contributed by atoms with E-state index in [1.807, 2.05) is 0 Å². The Balaban J connectivity index is 5.22. The van der Waals surface area contributed by atoms with Gasteiger partial charge in [-0.2, -0.15) is 0 Å². The molecule has 3 N–H and O–H groups in total. The molecule has 0 aromatic carbocycles. The molecule has 7 atom stereocenters. The molecule has 0 rings (SSSR count). The molecule has 0 aromatic heterocycles. The molecule has 17 nitrogen and oxygen atoms in total. The van der Waals surface area contributed by atoms with Gasteiger partial charge in [-0.3, -0.25) is 37.3 Å². The largest absolute Gasteiger partial charge is 0.472 e. The zero-order chi connectivity index (χ0) is 73.5. The van der Waals surface area contributed by atoms with Gasteiger partial charge >= 0.3 is 39.5 Å². The molecular weight excluding hydrogens is 1310 g/mol. The maximum atomic E-state index is 13.1. The molecule has 0 spiro atoms. The lowest BCUT2D eigenvalue weighted by Gasteiger charge is -2.21. The second-order valence-electron chi connectivity index (χ2n) is 29.6. The first-order chi connectivity index (χ1) is 48.4. The number of hydrogen-bond acceptors (Lipinski definition) is 15. The van der Waals surface area contributed by atoms with Gasteiger partial charge < -0.3 is 33.8 Å². The minimum atomic E-state index is -4.96. The summed E-state index contributed by atoms with van der Waals surface area (Å²) in [5, 5.41) is 10.6. The van der Waals surface area contributed by atoms with Crippen LogP contribution in [0, 0.1) is 11.8 Å². The van der Waals surface area contributed by atoms with Gasteiger partial charge in [0.1, 0.15) is 19.3 Å². The van der Waals surface area contributed by atoms with Gasteiger partial charge in [0.15, 0.2) is 12.2 Å². The quantitative estimate of drug-likeness (QED) is 0.0222. The van der Waals surface area contributed by atoms with Crippen molar-refractivity contribution in [3.05, 3.63) is 0 Å². The summed E-state index contributed by atoms with van der Waals surface area (Å²) in [6.07, 6.45) is 62.2. The van der Waals surface area contributed by atoms with Crippen molar-refractivity contribution in [1.29, 1.82) is 0 Å². The van der Waals surface area contributed by atoms with Crippen molar-refractivity contribution >= 4 is 39.5 Å². The maximum absolute atomic E-state index is 13.1. The first kappa shape index (κ1) is 98.1. The second-order valence-corrected chi connectivity index (χ2v) is 32.6. The summed E-state index contributed by atoms with van der Waals surface area (Å²) < 4.78 is 68.7. The van der Waals surface area contributed by atoms with Crippen molar-refractivity contribution in [2.24, 2.45) is 11.8 Å². The van der Waals surface area contributed by atoms with E-state index in [2.05, 4.69) is 41.5 Å². The fourth-order valence-corrected chi connectivity index (χ4v) is 14.1. The maximum Gasteiger partial charge on any atom is 0.472 e. The molecule has 0 bridgehead atoms. The standard InChI is InChI=1S/C81H158O17P2/c1-7-11-13-15-17-19-21-32-39-45-51-57-63-78(83)91-69-76(97-80(85)65-59-53-47-41-33-22-20-18-16-14-12-8-2)71-95-99(87,88)93-67-75(82)68-94-100(89,90)96-72-77(70-92-79(84)64-58-52-46-40-36-35-38-44-50-56-62-74(6)10-4)98-81(86)66-60-54-48-42-34-30-28-26-24-23-25-27-29-31-37-43-49-55-61-73(5)9-3/h73-77,82H,7-72H2,1-6H3,(H,87,88)(H,89,90)/t73?,74?,75-,76+,77+/m0/s1. The third-order valence-electron chi connectivity index (χ3n) is 19.7. The summed E-state index contributed by atoms with van der Waals surface area (Å²) in [6.45, 7) is 9.73. The highest BCUT2D eigenvalue weighted by molar-refractivity contribution is 7.47. The van der Waals surface area contributed by atoms with Crippen LogP contribution in [0.3, 0.4) is 0 Å². The topological polar surface area (TPSA) is 237 Å². The van der Waals surface area contributed by atoms with Crippen molar-refractivity contribution in [3.63, 3.8) is 0 Å². The van der Waals surface area contributed by atoms with Gasteiger partial charge in [-0.15, -0.1) is 0 Å². The van der Waals surface area contributed by atoms with Crippen molar-refractivity contribution < 1.29 is 80.2 Å². The fourth-order valence-electron chi connectivity index (χ4n) is 12.5. The lowest BCUT2D eigenvalue weighted by Crippen LogP contribution is -2.30. The summed E-state index contributed by atoms with van der Waals surface area (Å²) in [5.41, 5.74) is 0. The number of carbonyl (C=O) groups is 4. The van der Waals surface area contributed by atoms with Crippen LogP contribution in [0.25, 0.3) is 0 Å². The van der Waals surface area contributed by atoms with Crippen LogP contribution >= 0.6 is 15.6 Å². The number of carbonyl (C=O) groups excluding carboxylic acids is 4. The summed E-state index contributed by atoms with van der Waals surface area (Å²) in [4.78, 5) is 73.0. The van der Waals surface area contributed by atoms with Crippen LogP contribution < -0.4 is 0 Å². The Labute approximate surface area is 613 Å². The number of aliphatic hydroxyl groups is 1. The van der Waals surface area contributed by atoms with E-state index in [0.29, 0.717) is 25.7 Å². The van der Waals surface area contributed by atoms with Crippen LogP contribution in [0.15, 0.2) is 0 Å². The van der Waals surface area contributed by atoms with E-state index in [1.54, 1.807) is 0 Å². The van der Waals surface area contributed by atoms with Crippen LogP contribution in [0.2, 0.25) is 0 Å². The van der Waals surface area contributed by atoms with Crippen LogP contribution in [0.5, 0.6) is 0 Å². The molecule has 0 fully saturated rings. The molecular formula is C81H158O17P2. The molecule has 0 radical (unpaired) electrons. The zero-order valence-corrected chi connectivity index (χ0v) is 67.3. The van der Waals surface area contributed by atoms with Crippen LogP contribution in [0.4, 0.5) is 0 Å². The van der Waals surface area contributed by atoms with Gasteiger partial charge in [-0.05, 0) is 37.5 Å². The molecule has 0 aliphatic rings. The van der Waals surface area contributed by atoms with E-state index in [9.17, 15) is 43.2 Å². The van der Waals surface area contributed by atoms with E-state index in [1.165, 1.54) is 244 Å². The van der Waals surface area contributed by atoms with Crippen LogP contribution in [0.1, 0.15) is 427 Å². The van der Waals surface area contributed by atoms with Crippen LogP contribution in [-0.4, -0.2) is 96.7 Å². The van der Waals surface area contributed by atoms with E-state index >= 15 is 0 Å². The van der Waals surface area contributed by atoms with E-state index < -0.39 is 97.5 Å². The number of esters is 4. The Morgan fingerprint density at radius 3 is 0.710 bits per heavy atom. The molecule has 100 heavy (non-hydrogen) atoms. The van der Waals surface area contributed by atoms with Crippen molar-refractivity contribution in [2.45, 2.75) is 445 Å². The SMILES string of the molecule is CCCCCCCCCCCCCCC(=O)OC[C@H](COP(=O)(O)OC[C@H](O)COP(=O)(O)OC[C@@H](COC(=O)CCCCCCCCCCCCC(C)CC)OC(=O)CCCCCCCCCCCCCCCCCCCCC(C)CC)OC(=O)CCCCCCCCCCCCCC. The molecule has 594 valence electrons. The molecule has 0 heterocycles. The Hall–Kier alpha value is -1.94. The monoisotopic (exact) mass is 1470 g/mol. The van der Waals surface area contributed by atoms with E-state index in [0.717, 1.165) is 102 Å².